The minimum atomic E-state index is -0.197. The van der Waals surface area contributed by atoms with Gasteiger partial charge in [0.15, 0.2) is 0 Å². The molecule has 41 heavy (non-hydrogen) atoms. The molecule has 2 aliphatic rings. The van der Waals surface area contributed by atoms with Gasteiger partial charge in [0.05, 0.1) is 17.3 Å². The summed E-state index contributed by atoms with van der Waals surface area (Å²) in [6, 6.07) is 27.6. The number of nitrogens with one attached hydrogen (secondary N) is 1. The van der Waals surface area contributed by atoms with Crippen LogP contribution in [0.4, 0.5) is 5.69 Å². The van der Waals surface area contributed by atoms with E-state index in [0.717, 1.165) is 24.0 Å². The van der Waals surface area contributed by atoms with Crippen molar-refractivity contribution in [2.24, 2.45) is 5.92 Å². The molecule has 3 aromatic carbocycles. The SMILES string of the molecule is Cc1ccccc1-c1ncccc1C(=O)N1CCC[C@@H]2CN(C(=O)c3ccc(NC(=O)c4ccccc4)cc3)C[C@H]21. The van der Waals surface area contributed by atoms with Gasteiger partial charge in [-0.2, -0.15) is 0 Å². The summed E-state index contributed by atoms with van der Waals surface area (Å²) in [5, 5.41) is 2.87. The number of pyridine rings is 1. The predicted octanol–water partition coefficient (Wildman–Crippen LogP) is 5.69. The van der Waals surface area contributed by atoms with E-state index in [9.17, 15) is 14.4 Å². The summed E-state index contributed by atoms with van der Waals surface area (Å²) in [5.41, 5.74) is 5.08. The summed E-state index contributed by atoms with van der Waals surface area (Å²) in [6.07, 6.45) is 3.62. The van der Waals surface area contributed by atoms with Gasteiger partial charge < -0.3 is 15.1 Å². The Bertz CT molecular complexity index is 1590. The highest BCUT2D eigenvalue weighted by atomic mass is 16.2. The molecule has 2 atom stereocenters. The summed E-state index contributed by atoms with van der Waals surface area (Å²) in [7, 11) is 0. The Morgan fingerprint density at radius 2 is 1.56 bits per heavy atom. The van der Waals surface area contributed by atoms with Gasteiger partial charge in [-0.05, 0) is 79.8 Å². The lowest BCUT2D eigenvalue weighted by Gasteiger charge is -2.37. The lowest BCUT2D eigenvalue weighted by Crippen LogP contribution is -2.48. The lowest BCUT2D eigenvalue weighted by atomic mass is 9.91. The molecule has 4 aromatic rings. The van der Waals surface area contributed by atoms with Gasteiger partial charge in [0.25, 0.3) is 17.7 Å². The number of piperidine rings is 1. The highest BCUT2D eigenvalue weighted by Crippen LogP contribution is 2.34. The standard InChI is InChI=1S/C34H32N4O3/c1-23-9-5-6-13-28(23)31-29(14-7-19-35-31)34(41)38-20-8-12-26-21-37(22-30(26)38)33(40)25-15-17-27(18-16-25)36-32(39)24-10-3-2-4-11-24/h2-7,9-11,13-19,26,30H,8,12,20-22H2,1H3,(H,36,39)/t26-,30-/m1/s1. The molecule has 2 aliphatic heterocycles. The van der Waals surface area contributed by atoms with Gasteiger partial charge in [-0.1, -0.05) is 42.5 Å². The monoisotopic (exact) mass is 544 g/mol. The normalized spacial score (nSPS) is 18.1. The van der Waals surface area contributed by atoms with Crippen LogP contribution in [-0.2, 0) is 0 Å². The number of likely N-dealkylation sites (tertiary alicyclic amines) is 2. The van der Waals surface area contributed by atoms with Crippen LogP contribution in [0.5, 0.6) is 0 Å². The first-order chi connectivity index (χ1) is 20.0. The third-order valence-electron chi connectivity index (χ3n) is 8.19. The summed E-state index contributed by atoms with van der Waals surface area (Å²) >= 11 is 0. The third kappa shape index (κ3) is 5.35. The molecule has 0 unspecified atom stereocenters. The van der Waals surface area contributed by atoms with E-state index in [2.05, 4.69) is 10.3 Å². The second-order valence-electron chi connectivity index (χ2n) is 10.8. The van der Waals surface area contributed by atoms with Crippen LogP contribution in [0.1, 0.15) is 49.5 Å². The molecule has 0 aliphatic carbocycles. The fraction of sp³-hybridized carbons (Fsp3) is 0.235. The summed E-state index contributed by atoms with van der Waals surface area (Å²) in [5.74, 6) is -0.0505. The highest BCUT2D eigenvalue weighted by Gasteiger charge is 2.43. The zero-order valence-corrected chi connectivity index (χ0v) is 23.0. The van der Waals surface area contributed by atoms with Crippen LogP contribution < -0.4 is 5.32 Å². The fourth-order valence-corrected chi connectivity index (χ4v) is 6.06. The minimum absolute atomic E-state index is 0.0288. The molecule has 0 radical (unpaired) electrons. The lowest BCUT2D eigenvalue weighted by molar-refractivity contribution is 0.0565. The Morgan fingerprint density at radius 1 is 0.805 bits per heavy atom. The largest absolute Gasteiger partial charge is 0.336 e. The Morgan fingerprint density at radius 3 is 2.34 bits per heavy atom. The van der Waals surface area contributed by atoms with Crippen LogP contribution in [-0.4, -0.2) is 58.2 Å². The molecule has 3 amide bonds. The zero-order chi connectivity index (χ0) is 28.3. The van der Waals surface area contributed by atoms with Crippen LogP contribution in [0.2, 0.25) is 0 Å². The number of carbonyl (C=O) groups is 3. The summed E-state index contributed by atoms with van der Waals surface area (Å²) in [6.45, 7) is 3.82. The molecule has 1 aromatic heterocycles. The van der Waals surface area contributed by atoms with Crippen molar-refractivity contribution in [2.45, 2.75) is 25.8 Å². The number of anilines is 1. The summed E-state index contributed by atoms with van der Waals surface area (Å²) < 4.78 is 0. The number of hydrogen-bond donors (Lipinski definition) is 1. The van der Waals surface area contributed by atoms with Crippen LogP contribution in [0, 0.1) is 12.8 Å². The van der Waals surface area contributed by atoms with Crippen LogP contribution in [0.3, 0.4) is 0 Å². The number of carbonyl (C=O) groups excluding carboxylic acids is 3. The van der Waals surface area contributed by atoms with Crippen molar-refractivity contribution >= 4 is 23.4 Å². The molecule has 1 N–H and O–H groups in total. The number of aryl methyl sites for hydroxylation is 1. The first kappa shape index (κ1) is 26.4. The van der Waals surface area contributed by atoms with E-state index in [4.69, 9.17) is 0 Å². The van der Waals surface area contributed by atoms with Gasteiger partial charge in [-0.15, -0.1) is 0 Å². The van der Waals surface area contributed by atoms with E-state index < -0.39 is 0 Å². The van der Waals surface area contributed by atoms with Crippen molar-refractivity contribution < 1.29 is 14.4 Å². The number of benzene rings is 3. The van der Waals surface area contributed by atoms with Gasteiger partial charge >= 0.3 is 0 Å². The van der Waals surface area contributed by atoms with Crippen LogP contribution >= 0.6 is 0 Å². The average molecular weight is 545 g/mol. The molecule has 7 nitrogen and oxygen atoms in total. The number of amides is 3. The molecule has 7 heteroatoms. The first-order valence-corrected chi connectivity index (χ1v) is 14.1. The van der Waals surface area contributed by atoms with Gasteiger partial charge in [-0.3, -0.25) is 19.4 Å². The highest BCUT2D eigenvalue weighted by molar-refractivity contribution is 6.04. The van der Waals surface area contributed by atoms with Crippen LogP contribution in [0.25, 0.3) is 11.3 Å². The zero-order valence-electron chi connectivity index (χ0n) is 23.0. The third-order valence-corrected chi connectivity index (χ3v) is 8.19. The number of fused-ring (bicyclic) bond motifs is 1. The van der Waals surface area contributed by atoms with E-state index in [-0.39, 0.29) is 29.7 Å². The second-order valence-corrected chi connectivity index (χ2v) is 10.8. The number of nitrogens with zero attached hydrogens (tertiary/aromatic N) is 3. The Kier molecular flexibility index (Phi) is 7.33. The van der Waals surface area contributed by atoms with E-state index in [1.807, 2.05) is 71.3 Å². The molecule has 3 heterocycles. The summed E-state index contributed by atoms with van der Waals surface area (Å²) in [4.78, 5) is 48.4. The molecule has 0 bridgehead atoms. The Labute approximate surface area is 239 Å². The van der Waals surface area contributed by atoms with E-state index >= 15 is 0 Å². The van der Waals surface area contributed by atoms with Gasteiger partial charge in [0.1, 0.15) is 0 Å². The van der Waals surface area contributed by atoms with Crippen molar-refractivity contribution in [2.75, 3.05) is 25.0 Å². The minimum Gasteiger partial charge on any atom is -0.336 e. The molecule has 0 saturated carbocycles. The van der Waals surface area contributed by atoms with E-state index in [0.29, 0.717) is 47.7 Å². The number of rotatable bonds is 5. The predicted molar refractivity (Wildman–Crippen MR) is 159 cm³/mol. The van der Waals surface area contributed by atoms with Gasteiger partial charge in [-0.25, -0.2) is 0 Å². The van der Waals surface area contributed by atoms with Gasteiger partial charge in [0, 0.05) is 48.2 Å². The molecule has 0 spiro atoms. The fourth-order valence-electron chi connectivity index (χ4n) is 6.06. The van der Waals surface area contributed by atoms with Crippen molar-refractivity contribution in [1.82, 2.24) is 14.8 Å². The molecule has 6 rings (SSSR count). The van der Waals surface area contributed by atoms with E-state index in [1.54, 1.807) is 42.6 Å². The van der Waals surface area contributed by atoms with Crippen molar-refractivity contribution in [3.8, 4) is 11.3 Å². The first-order valence-electron chi connectivity index (χ1n) is 14.1. The van der Waals surface area contributed by atoms with Gasteiger partial charge in [0.2, 0.25) is 0 Å². The molecular formula is C34H32N4O3. The number of hydrogen-bond acceptors (Lipinski definition) is 4. The maximum Gasteiger partial charge on any atom is 0.256 e. The Hall–Kier alpha value is -4.78. The average Bonchev–Trinajstić information content (AvgIpc) is 3.46. The maximum absolute atomic E-state index is 14.0. The molecular weight excluding hydrogens is 512 g/mol. The van der Waals surface area contributed by atoms with Crippen LogP contribution in [0.15, 0.2) is 97.2 Å². The smallest absolute Gasteiger partial charge is 0.256 e. The van der Waals surface area contributed by atoms with E-state index in [1.165, 1.54) is 0 Å². The Balaban J connectivity index is 1.16. The number of aromatic nitrogens is 1. The molecule has 2 saturated heterocycles. The van der Waals surface area contributed by atoms with Crippen molar-refractivity contribution in [3.63, 3.8) is 0 Å². The van der Waals surface area contributed by atoms with Crippen molar-refractivity contribution in [1.29, 1.82) is 0 Å². The topological polar surface area (TPSA) is 82.6 Å². The second kappa shape index (κ2) is 11.4. The van der Waals surface area contributed by atoms with Crippen molar-refractivity contribution in [3.05, 3.63) is 119 Å². The quantitative estimate of drug-likeness (QED) is 0.350. The molecule has 206 valence electrons. The maximum atomic E-state index is 14.0. The molecule has 2 fully saturated rings.